The van der Waals surface area contributed by atoms with Crippen LogP contribution in [-0.4, -0.2) is 6.04 Å². The Kier molecular flexibility index (Phi) is 6.35. The molecule has 0 spiro atoms. The van der Waals surface area contributed by atoms with Gasteiger partial charge in [-0.2, -0.15) is 5.26 Å². The van der Waals surface area contributed by atoms with E-state index in [0.717, 1.165) is 12.1 Å². The Morgan fingerprint density at radius 3 is 2.68 bits per heavy atom. The van der Waals surface area contributed by atoms with Gasteiger partial charge >= 0.3 is 0 Å². The summed E-state index contributed by atoms with van der Waals surface area (Å²) in [5.74, 6) is -0.320. The van der Waals surface area contributed by atoms with Crippen LogP contribution in [0.5, 0.6) is 0 Å². The zero-order chi connectivity index (χ0) is 14.3. The molecular formula is C16H23FN2. The molecule has 0 saturated heterocycles. The van der Waals surface area contributed by atoms with Crippen molar-refractivity contribution < 1.29 is 4.39 Å². The minimum absolute atomic E-state index is 0.295. The van der Waals surface area contributed by atoms with Gasteiger partial charge in [-0.05, 0) is 32.4 Å². The summed E-state index contributed by atoms with van der Waals surface area (Å²) in [6.07, 6.45) is 5.99. The zero-order valence-corrected chi connectivity index (χ0v) is 12.1. The van der Waals surface area contributed by atoms with E-state index in [0.29, 0.717) is 17.2 Å². The quantitative estimate of drug-likeness (QED) is 0.718. The van der Waals surface area contributed by atoms with Gasteiger partial charge in [-0.25, -0.2) is 4.39 Å². The fraction of sp³-hybridized carbons (Fsp3) is 0.562. The number of nitrogens with zero attached hydrogens (tertiary/aromatic N) is 1. The summed E-state index contributed by atoms with van der Waals surface area (Å²) in [4.78, 5) is 0. The van der Waals surface area contributed by atoms with Gasteiger partial charge in [0.05, 0.1) is 11.6 Å². The Morgan fingerprint density at radius 2 is 2.05 bits per heavy atom. The first-order valence-electron chi connectivity index (χ1n) is 7.05. The van der Waals surface area contributed by atoms with Gasteiger partial charge in [-0.3, -0.25) is 0 Å². The summed E-state index contributed by atoms with van der Waals surface area (Å²) < 4.78 is 13.6. The van der Waals surface area contributed by atoms with Gasteiger partial charge in [0.15, 0.2) is 0 Å². The van der Waals surface area contributed by atoms with Gasteiger partial charge in [0, 0.05) is 17.3 Å². The number of halogens is 1. The van der Waals surface area contributed by atoms with Gasteiger partial charge in [0.2, 0.25) is 0 Å². The molecule has 1 unspecified atom stereocenters. The number of anilines is 1. The van der Waals surface area contributed by atoms with Crippen LogP contribution in [0.1, 0.15) is 57.1 Å². The highest BCUT2D eigenvalue weighted by Crippen LogP contribution is 2.22. The maximum absolute atomic E-state index is 13.6. The standard InChI is InChI=1S/C16H23FN2/c1-4-5-6-7-8-12(2)19-16-10-14(11-18)9-15(17)13(16)3/h9-10,12,19H,4-8H2,1-3H3. The van der Waals surface area contributed by atoms with Gasteiger partial charge < -0.3 is 5.32 Å². The lowest BCUT2D eigenvalue weighted by atomic mass is 10.1. The average molecular weight is 262 g/mol. The van der Waals surface area contributed by atoms with Crippen molar-refractivity contribution in [2.45, 2.75) is 58.9 Å². The molecule has 1 aromatic rings. The van der Waals surface area contributed by atoms with Crippen LogP contribution in [0.2, 0.25) is 0 Å². The van der Waals surface area contributed by atoms with Gasteiger partial charge in [0.25, 0.3) is 0 Å². The van der Waals surface area contributed by atoms with E-state index < -0.39 is 0 Å². The van der Waals surface area contributed by atoms with Crippen LogP contribution in [0.3, 0.4) is 0 Å². The summed E-state index contributed by atoms with van der Waals surface area (Å²) in [5.41, 5.74) is 1.68. The van der Waals surface area contributed by atoms with Crippen LogP contribution in [0.15, 0.2) is 12.1 Å². The summed E-state index contributed by atoms with van der Waals surface area (Å²) >= 11 is 0. The molecule has 104 valence electrons. The highest BCUT2D eigenvalue weighted by Gasteiger charge is 2.09. The Morgan fingerprint density at radius 1 is 1.32 bits per heavy atom. The Bertz CT molecular complexity index is 449. The number of nitriles is 1. The molecule has 2 nitrogen and oxygen atoms in total. The SMILES string of the molecule is CCCCCCC(C)Nc1cc(C#N)cc(F)c1C. The lowest BCUT2D eigenvalue weighted by Crippen LogP contribution is -2.16. The van der Waals surface area contributed by atoms with Crippen LogP contribution in [0, 0.1) is 24.1 Å². The number of unbranched alkanes of at least 4 members (excludes halogenated alkanes) is 3. The predicted molar refractivity (Wildman–Crippen MR) is 77.7 cm³/mol. The minimum Gasteiger partial charge on any atom is -0.382 e. The van der Waals surface area contributed by atoms with Crippen LogP contribution >= 0.6 is 0 Å². The third-order valence-electron chi connectivity index (χ3n) is 3.37. The van der Waals surface area contributed by atoms with Crippen molar-refractivity contribution in [3.63, 3.8) is 0 Å². The van der Waals surface area contributed by atoms with Crippen LogP contribution in [-0.2, 0) is 0 Å². The molecule has 0 saturated carbocycles. The molecule has 0 aliphatic carbocycles. The summed E-state index contributed by atoms with van der Waals surface area (Å²) in [5, 5.41) is 12.2. The Balaban J connectivity index is 2.61. The third kappa shape index (κ3) is 4.90. The molecule has 3 heteroatoms. The van der Waals surface area contributed by atoms with Gasteiger partial charge in [-0.15, -0.1) is 0 Å². The van der Waals surface area contributed by atoms with E-state index in [1.165, 1.54) is 31.7 Å². The van der Waals surface area contributed by atoms with Crippen molar-refractivity contribution in [3.05, 3.63) is 29.1 Å². The molecule has 0 amide bonds. The highest BCUT2D eigenvalue weighted by atomic mass is 19.1. The Hall–Kier alpha value is -1.56. The monoisotopic (exact) mass is 262 g/mol. The van der Waals surface area contributed by atoms with Crippen molar-refractivity contribution in [2.75, 3.05) is 5.32 Å². The van der Waals surface area contributed by atoms with E-state index in [-0.39, 0.29) is 5.82 Å². The van der Waals surface area contributed by atoms with Crippen LogP contribution in [0.25, 0.3) is 0 Å². The van der Waals surface area contributed by atoms with Crippen LogP contribution in [0.4, 0.5) is 10.1 Å². The van der Waals surface area contributed by atoms with Crippen molar-refractivity contribution in [2.24, 2.45) is 0 Å². The van der Waals surface area contributed by atoms with Gasteiger partial charge in [0.1, 0.15) is 5.82 Å². The van der Waals surface area contributed by atoms with Crippen molar-refractivity contribution >= 4 is 5.69 Å². The van der Waals surface area contributed by atoms with Gasteiger partial charge in [-0.1, -0.05) is 32.6 Å². The maximum Gasteiger partial charge on any atom is 0.129 e. The third-order valence-corrected chi connectivity index (χ3v) is 3.37. The smallest absolute Gasteiger partial charge is 0.129 e. The number of hydrogen-bond acceptors (Lipinski definition) is 2. The summed E-state index contributed by atoms with van der Waals surface area (Å²) in [6.45, 7) is 6.03. The van der Waals surface area contributed by atoms with E-state index in [9.17, 15) is 4.39 Å². The lowest BCUT2D eigenvalue weighted by molar-refractivity contribution is 0.591. The second-order valence-corrected chi connectivity index (χ2v) is 5.14. The van der Waals surface area contributed by atoms with Crippen molar-refractivity contribution in [3.8, 4) is 6.07 Å². The second-order valence-electron chi connectivity index (χ2n) is 5.14. The van der Waals surface area contributed by atoms with E-state index in [1.54, 1.807) is 13.0 Å². The first kappa shape index (κ1) is 15.5. The van der Waals surface area contributed by atoms with Crippen LogP contribution < -0.4 is 5.32 Å². The largest absolute Gasteiger partial charge is 0.382 e. The van der Waals surface area contributed by atoms with Crippen molar-refractivity contribution in [1.82, 2.24) is 0 Å². The molecule has 0 aliphatic heterocycles. The molecule has 1 N–H and O–H groups in total. The predicted octanol–water partition coefficient (Wildman–Crippen LogP) is 4.78. The maximum atomic E-state index is 13.6. The minimum atomic E-state index is -0.320. The molecule has 0 bridgehead atoms. The molecule has 1 atom stereocenters. The summed E-state index contributed by atoms with van der Waals surface area (Å²) in [6, 6.07) is 5.29. The van der Waals surface area contributed by atoms with Crippen molar-refractivity contribution in [1.29, 1.82) is 5.26 Å². The number of hydrogen-bond donors (Lipinski definition) is 1. The molecule has 0 aromatic heterocycles. The summed E-state index contributed by atoms with van der Waals surface area (Å²) in [7, 11) is 0. The first-order chi connectivity index (χ1) is 9.08. The molecule has 0 heterocycles. The highest BCUT2D eigenvalue weighted by molar-refractivity contribution is 5.56. The molecule has 1 rings (SSSR count). The fourth-order valence-corrected chi connectivity index (χ4v) is 2.11. The molecule has 0 fully saturated rings. The average Bonchev–Trinajstić information content (AvgIpc) is 2.39. The molecule has 0 radical (unpaired) electrons. The second kappa shape index (κ2) is 7.78. The number of benzene rings is 1. The Labute approximate surface area is 115 Å². The molecule has 0 aliphatic rings. The molecular weight excluding hydrogens is 239 g/mol. The first-order valence-corrected chi connectivity index (χ1v) is 7.05. The number of nitrogens with one attached hydrogen (secondary N) is 1. The number of rotatable bonds is 7. The zero-order valence-electron chi connectivity index (χ0n) is 12.1. The topological polar surface area (TPSA) is 35.8 Å². The lowest BCUT2D eigenvalue weighted by Gasteiger charge is -2.17. The molecule has 1 aromatic carbocycles. The molecule has 19 heavy (non-hydrogen) atoms. The van der Waals surface area contributed by atoms with E-state index in [1.807, 2.05) is 6.07 Å². The van der Waals surface area contributed by atoms with E-state index in [2.05, 4.69) is 19.2 Å². The normalized spacial score (nSPS) is 11.9. The van der Waals surface area contributed by atoms with E-state index >= 15 is 0 Å². The van der Waals surface area contributed by atoms with E-state index in [4.69, 9.17) is 5.26 Å². The fourth-order valence-electron chi connectivity index (χ4n) is 2.11.